The summed E-state index contributed by atoms with van der Waals surface area (Å²) in [6.07, 6.45) is 1.78. The molecule has 0 amide bonds. The van der Waals surface area contributed by atoms with Crippen molar-refractivity contribution in [1.29, 1.82) is 0 Å². The topological polar surface area (TPSA) is 49.2 Å². The number of aryl methyl sites for hydroxylation is 1. The lowest BCUT2D eigenvalue weighted by atomic mass is 10.2. The van der Waals surface area contributed by atoms with Crippen molar-refractivity contribution in [1.82, 2.24) is 14.5 Å². The first-order chi connectivity index (χ1) is 9.83. The highest BCUT2D eigenvalue weighted by atomic mass is 16.6. The standard InChI is InChI=1S/C15H13N3O2/c1-10-17-12-3-2-6-16-15(12)18(10)11-4-5-13-14(9-11)20-8-7-19-13/h2-6,9H,7-8H2,1H3. The van der Waals surface area contributed by atoms with E-state index >= 15 is 0 Å². The van der Waals surface area contributed by atoms with Crippen LogP contribution in [0.15, 0.2) is 36.5 Å². The third kappa shape index (κ3) is 1.63. The molecule has 1 aromatic carbocycles. The molecule has 5 heteroatoms. The molecule has 0 fully saturated rings. The lowest BCUT2D eigenvalue weighted by Gasteiger charge is -2.19. The van der Waals surface area contributed by atoms with Gasteiger partial charge in [-0.2, -0.15) is 0 Å². The first-order valence-corrected chi connectivity index (χ1v) is 6.53. The van der Waals surface area contributed by atoms with E-state index in [1.54, 1.807) is 6.20 Å². The molecule has 100 valence electrons. The van der Waals surface area contributed by atoms with Crippen LogP contribution in [0.1, 0.15) is 5.82 Å². The van der Waals surface area contributed by atoms with Gasteiger partial charge in [-0.05, 0) is 31.2 Å². The van der Waals surface area contributed by atoms with Gasteiger partial charge in [-0.3, -0.25) is 4.57 Å². The number of ether oxygens (including phenoxy) is 2. The Morgan fingerprint density at radius 1 is 1.10 bits per heavy atom. The molecule has 0 radical (unpaired) electrons. The molecule has 3 aromatic rings. The van der Waals surface area contributed by atoms with Gasteiger partial charge >= 0.3 is 0 Å². The number of nitrogens with zero attached hydrogens (tertiary/aromatic N) is 3. The third-order valence-electron chi connectivity index (χ3n) is 3.37. The van der Waals surface area contributed by atoms with E-state index in [1.807, 2.05) is 41.8 Å². The predicted octanol–water partition coefficient (Wildman–Crippen LogP) is 2.50. The lowest BCUT2D eigenvalue weighted by molar-refractivity contribution is 0.171. The summed E-state index contributed by atoms with van der Waals surface area (Å²) in [7, 11) is 0. The van der Waals surface area contributed by atoms with Crippen LogP contribution < -0.4 is 9.47 Å². The second-order valence-electron chi connectivity index (χ2n) is 4.67. The van der Waals surface area contributed by atoms with Gasteiger partial charge in [0.05, 0.1) is 5.69 Å². The van der Waals surface area contributed by atoms with E-state index < -0.39 is 0 Å². The molecule has 1 aliphatic heterocycles. The average Bonchev–Trinajstić information content (AvgIpc) is 2.82. The molecule has 0 unspecified atom stereocenters. The summed E-state index contributed by atoms with van der Waals surface area (Å²) in [6.45, 7) is 3.15. The van der Waals surface area contributed by atoms with Crippen LogP contribution in [0.25, 0.3) is 16.9 Å². The second kappa shape index (κ2) is 4.23. The molecular formula is C15H13N3O2. The van der Waals surface area contributed by atoms with Crippen molar-refractivity contribution in [3.05, 3.63) is 42.4 Å². The van der Waals surface area contributed by atoms with Gasteiger partial charge in [0.1, 0.15) is 24.6 Å². The second-order valence-corrected chi connectivity index (χ2v) is 4.67. The Morgan fingerprint density at radius 3 is 2.85 bits per heavy atom. The van der Waals surface area contributed by atoms with Crippen molar-refractivity contribution < 1.29 is 9.47 Å². The largest absolute Gasteiger partial charge is 0.486 e. The highest BCUT2D eigenvalue weighted by Gasteiger charge is 2.15. The van der Waals surface area contributed by atoms with Crippen LogP contribution >= 0.6 is 0 Å². The number of benzene rings is 1. The number of hydrogen-bond acceptors (Lipinski definition) is 4. The summed E-state index contributed by atoms with van der Waals surface area (Å²) >= 11 is 0. The Hall–Kier alpha value is -2.56. The van der Waals surface area contributed by atoms with Crippen molar-refractivity contribution in [2.75, 3.05) is 13.2 Å². The Labute approximate surface area is 115 Å². The minimum Gasteiger partial charge on any atom is -0.486 e. The maximum atomic E-state index is 5.63. The highest BCUT2D eigenvalue weighted by molar-refractivity contribution is 5.74. The molecule has 0 saturated heterocycles. The molecule has 2 aromatic heterocycles. The van der Waals surface area contributed by atoms with E-state index in [2.05, 4.69) is 9.97 Å². The quantitative estimate of drug-likeness (QED) is 0.679. The Balaban J connectivity index is 1.93. The highest BCUT2D eigenvalue weighted by Crippen LogP contribution is 2.33. The fourth-order valence-electron chi connectivity index (χ4n) is 2.51. The van der Waals surface area contributed by atoms with Gasteiger partial charge in [0.2, 0.25) is 0 Å². The minimum absolute atomic E-state index is 0.582. The summed E-state index contributed by atoms with van der Waals surface area (Å²) in [5.74, 6) is 2.45. The van der Waals surface area contributed by atoms with Crippen LogP contribution in [0.2, 0.25) is 0 Å². The number of pyridine rings is 1. The molecule has 0 atom stereocenters. The zero-order chi connectivity index (χ0) is 13.5. The number of imidazole rings is 1. The van der Waals surface area contributed by atoms with E-state index in [0.29, 0.717) is 13.2 Å². The Morgan fingerprint density at radius 2 is 1.95 bits per heavy atom. The number of aromatic nitrogens is 3. The zero-order valence-corrected chi connectivity index (χ0v) is 11.0. The van der Waals surface area contributed by atoms with E-state index in [9.17, 15) is 0 Å². The molecule has 4 rings (SSSR count). The maximum absolute atomic E-state index is 5.63. The van der Waals surface area contributed by atoms with E-state index in [4.69, 9.17) is 9.47 Å². The number of rotatable bonds is 1. The van der Waals surface area contributed by atoms with Crippen LogP contribution in [-0.2, 0) is 0 Å². The summed E-state index contributed by atoms with van der Waals surface area (Å²) in [6, 6.07) is 9.75. The molecule has 5 nitrogen and oxygen atoms in total. The summed E-state index contributed by atoms with van der Waals surface area (Å²) in [5.41, 5.74) is 2.72. The van der Waals surface area contributed by atoms with Gasteiger partial charge in [-0.25, -0.2) is 9.97 Å². The van der Waals surface area contributed by atoms with Crippen LogP contribution in [0.3, 0.4) is 0 Å². The number of hydrogen-bond donors (Lipinski definition) is 0. The first-order valence-electron chi connectivity index (χ1n) is 6.53. The van der Waals surface area contributed by atoms with Crippen molar-refractivity contribution in [2.45, 2.75) is 6.92 Å². The lowest BCUT2D eigenvalue weighted by Crippen LogP contribution is -2.15. The fourth-order valence-corrected chi connectivity index (χ4v) is 2.51. The SMILES string of the molecule is Cc1nc2cccnc2n1-c1ccc2c(c1)OCCO2. The maximum Gasteiger partial charge on any atom is 0.164 e. The van der Waals surface area contributed by atoms with Crippen LogP contribution in [0, 0.1) is 6.92 Å². The Bertz CT molecular complexity index is 795. The predicted molar refractivity (Wildman–Crippen MR) is 74.6 cm³/mol. The van der Waals surface area contributed by atoms with Crippen LogP contribution in [0.4, 0.5) is 0 Å². The van der Waals surface area contributed by atoms with Gasteiger partial charge in [0, 0.05) is 12.3 Å². The smallest absolute Gasteiger partial charge is 0.164 e. The zero-order valence-electron chi connectivity index (χ0n) is 11.0. The van der Waals surface area contributed by atoms with Crippen molar-refractivity contribution >= 4 is 11.2 Å². The summed E-state index contributed by atoms with van der Waals surface area (Å²) < 4.78 is 13.2. The van der Waals surface area contributed by atoms with E-state index in [1.165, 1.54) is 0 Å². The molecule has 1 aliphatic rings. The van der Waals surface area contributed by atoms with Crippen molar-refractivity contribution in [2.24, 2.45) is 0 Å². The van der Waals surface area contributed by atoms with Gasteiger partial charge in [0.15, 0.2) is 17.1 Å². The normalized spacial score (nSPS) is 13.7. The van der Waals surface area contributed by atoms with Crippen molar-refractivity contribution in [3.63, 3.8) is 0 Å². The van der Waals surface area contributed by atoms with Gasteiger partial charge in [-0.1, -0.05) is 0 Å². The van der Waals surface area contributed by atoms with Gasteiger partial charge in [0.25, 0.3) is 0 Å². The van der Waals surface area contributed by atoms with E-state index in [0.717, 1.165) is 34.2 Å². The minimum atomic E-state index is 0.582. The molecule has 3 heterocycles. The monoisotopic (exact) mass is 267 g/mol. The Kier molecular flexibility index (Phi) is 2.39. The first kappa shape index (κ1) is 11.3. The molecule has 0 N–H and O–H groups in total. The average molecular weight is 267 g/mol. The molecule has 0 bridgehead atoms. The van der Waals surface area contributed by atoms with Gasteiger partial charge < -0.3 is 9.47 Å². The summed E-state index contributed by atoms with van der Waals surface area (Å²) in [5, 5.41) is 0. The molecular weight excluding hydrogens is 254 g/mol. The molecule has 20 heavy (non-hydrogen) atoms. The molecule has 0 saturated carbocycles. The van der Waals surface area contributed by atoms with Gasteiger partial charge in [-0.15, -0.1) is 0 Å². The summed E-state index contributed by atoms with van der Waals surface area (Å²) in [4.78, 5) is 8.95. The molecule has 0 aliphatic carbocycles. The third-order valence-corrected chi connectivity index (χ3v) is 3.37. The fraction of sp³-hybridized carbons (Fsp3) is 0.200. The van der Waals surface area contributed by atoms with Crippen LogP contribution in [-0.4, -0.2) is 27.7 Å². The van der Waals surface area contributed by atoms with E-state index in [-0.39, 0.29) is 0 Å². The number of fused-ring (bicyclic) bond motifs is 2. The molecule has 0 spiro atoms. The van der Waals surface area contributed by atoms with Crippen molar-refractivity contribution in [3.8, 4) is 17.2 Å². The van der Waals surface area contributed by atoms with Crippen LogP contribution in [0.5, 0.6) is 11.5 Å².